The zero-order chi connectivity index (χ0) is 21.2. The van der Waals surface area contributed by atoms with Crippen molar-refractivity contribution in [3.05, 3.63) is 95.1 Å². The molecule has 0 saturated carbocycles. The third-order valence-electron chi connectivity index (χ3n) is 5.44. The standard InChI is InChI=1S/C25H19N5S/c1-17-8-2-3-10-19(17)15-30-22-13-7-6-12-21(22)23-24(30)27-25(29-28-23)31-16-20-11-5-4-9-18(20)14-26/h2-13H,15-16H2,1H3. The van der Waals surface area contributed by atoms with Crippen LogP contribution in [0.3, 0.4) is 0 Å². The number of aryl methyl sites for hydroxylation is 1. The van der Waals surface area contributed by atoms with Gasteiger partial charge in [0.25, 0.3) is 0 Å². The summed E-state index contributed by atoms with van der Waals surface area (Å²) in [6.07, 6.45) is 0. The van der Waals surface area contributed by atoms with Gasteiger partial charge in [0, 0.05) is 17.7 Å². The first-order valence-electron chi connectivity index (χ1n) is 10.0. The van der Waals surface area contributed by atoms with Crippen LogP contribution in [0.5, 0.6) is 0 Å². The van der Waals surface area contributed by atoms with Crippen LogP contribution in [0.4, 0.5) is 0 Å². The fourth-order valence-corrected chi connectivity index (χ4v) is 4.55. The molecule has 0 spiro atoms. The minimum absolute atomic E-state index is 0.606. The highest BCUT2D eigenvalue weighted by atomic mass is 32.2. The third kappa shape index (κ3) is 3.65. The van der Waals surface area contributed by atoms with Crippen LogP contribution in [-0.4, -0.2) is 19.7 Å². The predicted molar refractivity (Wildman–Crippen MR) is 124 cm³/mol. The molecule has 5 nitrogen and oxygen atoms in total. The summed E-state index contributed by atoms with van der Waals surface area (Å²) in [4.78, 5) is 4.88. The Morgan fingerprint density at radius 2 is 1.65 bits per heavy atom. The zero-order valence-electron chi connectivity index (χ0n) is 17.0. The Hall–Kier alpha value is -3.69. The SMILES string of the molecule is Cc1ccccc1Cn1c2ccccc2c2nnc(SCc3ccccc3C#N)nc21. The number of nitrogens with zero attached hydrogens (tertiary/aromatic N) is 5. The molecule has 0 aliphatic carbocycles. The number of rotatable bonds is 5. The highest BCUT2D eigenvalue weighted by Gasteiger charge is 2.16. The quantitative estimate of drug-likeness (QED) is 0.351. The van der Waals surface area contributed by atoms with Crippen molar-refractivity contribution in [1.82, 2.24) is 19.7 Å². The highest BCUT2D eigenvalue weighted by molar-refractivity contribution is 7.98. The van der Waals surface area contributed by atoms with Gasteiger partial charge < -0.3 is 4.57 Å². The molecule has 0 aliphatic rings. The summed E-state index contributed by atoms with van der Waals surface area (Å²) in [7, 11) is 0. The zero-order valence-corrected chi connectivity index (χ0v) is 17.8. The van der Waals surface area contributed by atoms with E-state index in [-0.39, 0.29) is 0 Å². The van der Waals surface area contributed by atoms with Crippen molar-refractivity contribution in [2.45, 2.75) is 24.4 Å². The molecule has 0 N–H and O–H groups in total. The molecular formula is C25H19N5S. The van der Waals surface area contributed by atoms with Gasteiger partial charge in [0.1, 0.15) is 5.52 Å². The van der Waals surface area contributed by atoms with Gasteiger partial charge in [-0.25, -0.2) is 4.98 Å². The minimum Gasteiger partial charge on any atom is -0.319 e. The molecule has 0 radical (unpaired) electrons. The second-order valence-corrected chi connectivity index (χ2v) is 8.30. The van der Waals surface area contributed by atoms with E-state index in [0.717, 1.165) is 34.2 Å². The van der Waals surface area contributed by atoms with E-state index in [1.165, 1.54) is 22.9 Å². The Morgan fingerprint density at radius 1 is 0.903 bits per heavy atom. The number of aromatic nitrogens is 4. The number of nitriles is 1. The van der Waals surface area contributed by atoms with Gasteiger partial charge in [-0.05, 0) is 35.7 Å². The van der Waals surface area contributed by atoms with Crippen LogP contribution in [0.2, 0.25) is 0 Å². The lowest BCUT2D eigenvalue weighted by atomic mass is 10.1. The Bertz CT molecular complexity index is 1450. The van der Waals surface area contributed by atoms with E-state index < -0.39 is 0 Å². The maximum Gasteiger partial charge on any atom is 0.211 e. The van der Waals surface area contributed by atoms with Crippen LogP contribution in [-0.2, 0) is 12.3 Å². The minimum atomic E-state index is 0.606. The molecule has 0 amide bonds. The van der Waals surface area contributed by atoms with Gasteiger partial charge in [-0.1, -0.05) is 72.4 Å². The van der Waals surface area contributed by atoms with Gasteiger partial charge in [-0.15, -0.1) is 10.2 Å². The molecule has 0 aliphatic heterocycles. The second kappa shape index (κ2) is 8.21. The Labute approximate surface area is 184 Å². The lowest BCUT2D eigenvalue weighted by Gasteiger charge is -2.10. The topological polar surface area (TPSA) is 67.4 Å². The van der Waals surface area contributed by atoms with E-state index in [1.807, 2.05) is 36.4 Å². The van der Waals surface area contributed by atoms with E-state index in [4.69, 9.17) is 4.98 Å². The van der Waals surface area contributed by atoms with Gasteiger partial charge in [0.05, 0.1) is 17.1 Å². The number of fused-ring (bicyclic) bond motifs is 3. The average molecular weight is 422 g/mol. The maximum absolute atomic E-state index is 9.33. The molecular weight excluding hydrogens is 402 g/mol. The summed E-state index contributed by atoms with van der Waals surface area (Å²) < 4.78 is 2.22. The lowest BCUT2D eigenvalue weighted by Crippen LogP contribution is -2.03. The van der Waals surface area contributed by atoms with E-state index in [1.54, 1.807) is 0 Å². The maximum atomic E-state index is 9.33. The fraction of sp³-hybridized carbons (Fsp3) is 0.120. The molecule has 5 rings (SSSR count). The normalized spacial score (nSPS) is 11.1. The Kier molecular flexibility index (Phi) is 5.11. The molecule has 5 aromatic rings. The molecule has 2 aromatic heterocycles. The van der Waals surface area contributed by atoms with Gasteiger partial charge in [-0.2, -0.15) is 5.26 Å². The van der Waals surface area contributed by atoms with Crippen molar-refractivity contribution in [3.63, 3.8) is 0 Å². The average Bonchev–Trinajstić information content (AvgIpc) is 3.12. The van der Waals surface area contributed by atoms with Crippen LogP contribution in [0.1, 0.15) is 22.3 Å². The lowest BCUT2D eigenvalue weighted by molar-refractivity contribution is 0.811. The molecule has 0 bridgehead atoms. The first kappa shape index (κ1) is 19.3. The van der Waals surface area contributed by atoms with Gasteiger partial charge in [-0.3, -0.25) is 0 Å². The van der Waals surface area contributed by atoms with Gasteiger partial charge >= 0.3 is 0 Å². The first-order valence-corrected chi connectivity index (χ1v) is 11.0. The largest absolute Gasteiger partial charge is 0.319 e. The van der Waals surface area contributed by atoms with Crippen molar-refractivity contribution in [2.75, 3.05) is 0 Å². The summed E-state index contributed by atoms with van der Waals surface area (Å²) in [6.45, 7) is 2.85. The van der Waals surface area contributed by atoms with Crippen molar-refractivity contribution in [1.29, 1.82) is 5.26 Å². The highest BCUT2D eigenvalue weighted by Crippen LogP contribution is 2.29. The molecule has 0 fully saturated rings. The summed E-state index contributed by atoms with van der Waals surface area (Å²) in [6, 6.07) is 26.5. The van der Waals surface area contributed by atoms with Crippen molar-refractivity contribution in [2.24, 2.45) is 0 Å². The summed E-state index contributed by atoms with van der Waals surface area (Å²) in [5, 5.41) is 19.9. The molecule has 3 aromatic carbocycles. The summed E-state index contributed by atoms with van der Waals surface area (Å²) in [5.41, 5.74) is 6.89. The number of benzene rings is 3. The molecule has 31 heavy (non-hydrogen) atoms. The Balaban J connectivity index is 1.56. The predicted octanol–water partition coefficient (Wildman–Crippen LogP) is 5.50. The Morgan fingerprint density at radius 3 is 2.48 bits per heavy atom. The van der Waals surface area contributed by atoms with Gasteiger partial charge in [0.2, 0.25) is 5.16 Å². The smallest absolute Gasteiger partial charge is 0.211 e. The number of hydrogen-bond acceptors (Lipinski definition) is 5. The van der Waals surface area contributed by atoms with Crippen LogP contribution in [0.15, 0.2) is 78.0 Å². The van der Waals surface area contributed by atoms with Crippen LogP contribution in [0.25, 0.3) is 22.1 Å². The molecule has 2 heterocycles. The summed E-state index contributed by atoms with van der Waals surface area (Å²) in [5.74, 6) is 0.620. The fourth-order valence-electron chi connectivity index (χ4n) is 3.77. The summed E-state index contributed by atoms with van der Waals surface area (Å²) >= 11 is 1.50. The van der Waals surface area contributed by atoms with Gasteiger partial charge in [0.15, 0.2) is 5.65 Å². The van der Waals surface area contributed by atoms with Crippen molar-refractivity contribution < 1.29 is 0 Å². The second-order valence-electron chi connectivity index (χ2n) is 7.35. The van der Waals surface area contributed by atoms with E-state index in [0.29, 0.717) is 16.5 Å². The van der Waals surface area contributed by atoms with Crippen LogP contribution < -0.4 is 0 Å². The third-order valence-corrected chi connectivity index (χ3v) is 6.33. The molecule has 0 atom stereocenters. The number of thioether (sulfide) groups is 1. The van der Waals surface area contributed by atoms with E-state index in [2.05, 4.69) is 64.2 Å². The van der Waals surface area contributed by atoms with E-state index >= 15 is 0 Å². The molecule has 0 saturated heterocycles. The van der Waals surface area contributed by atoms with Crippen LogP contribution >= 0.6 is 11.8 Å². The van der Waals surface area contributed by atoms with Crippen molar-refractivity contribution in [3.8, 4) is 6.07 Å². The number of hydrogen-bond donors (Lipinski definition) is 0. The molecule has 6 heteroatoms. The monoisotopic (exact) mass is 421 g/mol. The first-order chi connectivity index (χ1) is 15.2. The molecule has 0 unspecified atom stereocenters. The molecule has 150 valence electrons. The number of para-hydroxylation sites is 1. The van der Waals surface area contributed by atoms with Crippen LogP contribution in [0, 0.1) is 18.3 Å². The van der Waals surface area contributed by atoms with E-state index in [9.17, 15) is 5.26 Å². The van der Waals surface area contributed by atoms with Crippen molar-refractivity contribution >= 4 is 33.8 Å².